The van der Waals surface area contributed by atoms with E-state index in [1.807, 2.05) is 6.92 Å². The molecule has 2 aromatic rings. The summed E-state index contributed by atoms with van der Waals surface area (Å²) in [6.45, 7) is 1.85. The number of nitrogens with one attached hydrogen (secondary N) is 1. The number of aromatic nitrogens is 2. The topological polar surface area (TPSA) is 73.1 Å². The molecule has 0 saturated heterocycles. The van der Waals surface area contributed by atoms with E-state index in [9.17, 15) is 0 Å². The van der Waals surface area contributed by atoms with Crippen molar-refractivity contribution in [1.29, 1.82) is 0 Å². The average molecular weight is 251 g/mol. The summed E-state index contributed by atoms with van der Waals surface area (Å²) in [5.41, 5.74) is 3.18. The van der Waals surface area contributed by atoms with E-state index in [1.54, 1.807) is 30.5 Å². The Hall–Kier alpha value is -1.85. The molecule has 1 aromatic heterocycles. The summed E-state index contributed by atoms with van der Waals surface area (Å²) < 4.78 is 5.60. The fourth-order valence-electron chi connectivity index (χ4n) is 1.21. The van der Waals surface area contributed by atoms with E-state index in [4.69, 9.17) is 22.2 Å². The third-order valence-electron chi connectivity index (χ3n) is 2.08. The zero-order valence-electron chi connectivity index (χ0n) is 9.14. The number of rotatable bonds is 3. The highest BCUT2D eigenvalue weighted by Crippen LogP contribution is 2.24. The van der Waals surface area contributed by atoms with Gasteiger partial charge < -0.3 is 4.74 Å². The summed E-state index contributed by atoms with van der Waals surface area (Å²) >= 11 is 5.79. The van der Waals surface area contributed by atoms with Crippen molar-refractivity contribution >= 4 is 17.5 Å². The first-order valence-electron chi connectivity index (χ1n) is 4.92. The minimum Gasteiger partial charge on any atom is -0.439 e. The maximum atomic E-state index is 5.79. The average Bonchev–Trinajstić information content (AvgIpc) is 2.35. The quantitative estimate of drug-likeness (QED) is 0.647. The lowest BCUT2D eigenvalue weighted by atomic mass is 10.3. The van der Waals surface area contributed by atoms with Gasteiger partial charge >= 0.3 is 0 Å². The van der Waals surface area contributed by atoms with Crippen molar-refractivity contribution in [3.63, 3.8) is 0 Å². The van der Waals surface area contributed by atoms with Crippen LogP contribution in [-0.2, 0) is 0 Å². The van der Waals surface area contributed by atoms with Crippen LogP contribution >= 0.6 is 11.6 Å². The highest BCUT2D eigenvalue weighted by molar-refractivity contribution is 6.30. The summed E-state index contributed by atoms with van der Waals surface area (Å²) in [5, 5.41) is 0.654. The lowest BCUT2D eigenvalue weighted by Crippen LogP contribution is -2.11. The van der Waals surface area contributed by atoms with Gasteiger partial charge in [0.25, 0.3) is 0 Å². The van der Waals surface area contributed by atoms with Gasteiger partial charge in [0.15, 0.2) is 0 Å². The monoisotopic (exact) mass is 250 g/mol. The standard InChI is InChI=1S/C11H11ClN4O/c1-7-6-14-11(16-13)15-10(7)17-9-4-2-8(12)3-5-9/h2-6H,13H2,1H3,(H,14,15,16). The summed E-state index contributed by atoms with van der Waals surface area (Å²) in [6, 6.07) is 7.02. The van der Waals surface area contributed by atoms with Crippen LogP contribution in [0.3, 0.4) is 0 Å². The minimum absolute atomic E-state index is 0.305. The van der Waals surface area contributed by atoms with Crippen LogP contribution in [0.5, 0.6) is 11.6 Å². The van der Waals surface area contributed by atoms with Crippen LogP contribution in [0.1, 0.15) is 5.56 Å². The van der Waals surface area contributed by atoms with Gasteiger partial charge in [0, 0.05) is 16.8 Å². The number of nitrogen functional groups attached to an aromatic ring is 1. The molecule has 1 aromatic carbocycles. The highest BCUT2D eigenvalue weighted by Gasteiger charge is 2.05. The molecule has 0 radical (unpaired) electrons. The van der Waals surface area contributed by atoms with Crippen LogP contribution in [0.25, 0.3) is 0 Å². The van der Waals surface area contributed by atoms with Crippen molar-refractivity contribution in [2.75, 3.05) is 5.43 Å². The molecule has 0 atom stereocenters. The van der Waals surface area contributed by atoms with Gasteiger partial charge in [-0.15, -0.1) is 0 Å². The number of nitrogens with two attached hydrogens (primary N) is 1. The van der Waals surface area contributed by atoms with Crippen molar-refractivity contribution in [2.24, 2.45) is 5.84 Å². The molecule has 0 spiro atoms. The van der Waals surface area contributed by atoms with Crippen molar-refractivity contribution in [3.8, 4) is 11.6 Å². The van der Waals surface area contributed by atoms with Crippen LogP contribution in [0.15, 0.2) is 30.5 Å². The molecule has 17 heavy (non-hydrogen) atoms. The van der Waals surface area contributed by atoms with Crippen LogP contribution in [0.2, 0.25) is 5.02 Å². The number of nitrogens with zero attached hydrogens (tertiary/aromatic N) is 2. The number of hydrazine groups is 1. The highest BCUT2D eigenvalue weighted by atomic mass is 35.5. The van der Waals surface area contributed by atoms with E-state index in [2.05, 4.69) is 15.4 Å². The lowest BCUT2D eigenvalue weighted by Gasteiger charge is -2.08. The Morgan fingerprint density at radius 1 is 1.29 bits per heavy atom. The van der Waals surface area contributed by atoms with Gasteiger partial charge in [-0.3, -0.25) is 5.43 Å². The number of aryl methyl sites for hydroxylation is 1. The van der Waals surface area contributed by atoms with Gasteiger partial charge in [-0.05, 0) is 31.2 Å². The van der Waals surface area contributed by atoms with Gasteiger partial charge in [-0.1, -0.05) is 11.6 Å². The van der Waals surface area contributed by atoms with E-state index < -0.39 is 0 Å². The Bertz CT molecular complexity index is 515. The fourth-order valence-corrected chi connectivity index (χ4v) is 1.34. The first kappa shape index (κ1) is 11.6. The van der Waals surface area contributed by atoms with Gasteiger partial charge in [0.05, 0.1) is 0 Å². The minimum atomic E-state index is 0.305. The molecule has 1 heterocycles. The fraction of sp³-hybridized carbons (Fsp3) is 0.0909. The molecule has 0 aliphatic heterocycles. The third-order valence-corrected chi connectivity index (χ3v) is 2.33. The second-order valence-corrected chi connectivity index (χ2v) is 3.82. The van der Waals surface area contributed by atoms with E-state index in [-0.39, 0.29) is 0 Å². The number of hydrogen-bond donors (Lipinski definition) is 2. The van der Waals surface area contributed by atoms with Crippen LogP contribution < -0.4 is 16.0 Å². The third kappa shape index (κ3) is 2.83. The molecule has 2 rings (SSSR count). The van der Waals surface area contributed by atoms with Gasteiger partial charge in [0.1, 0.15) is 5.75 Å². The maximum Gasteiger partial charge on any atom is 0.240 e. The molecular formula is C11H11ClN4O. The Kier molecular flexibility index (Phi) is 3.41. The molecule has 0 amide bonds. The zero-order chi connectivity index (χ0) is 12.3. The second-order valence-electron chi connectivity index (χ2n) is 3.38. The predicted octanol–water partition coefficient (Wildman–Crippen LogP) is 2.52. The summed E-state index contributed by atoms with van der Waals surface area (Å²) in [5.74, 6) is 6.65. The smallest absolute Gasteiger partial charge is 0.240 e. The SMILES string of the molecule is Cc1cnc(NN)nc1Oc1ccc(Cl)cc1. The number of ether oxygens (including phenoxy) is 1. The lowest BCUT2D eigenvalue weighted by molar-refractivity contribution is 0.458. The van der Waals surface area contributed by atoms with Crippen molar-refractivity contribution in [1.82, 2.24) is 9.97 Å². The first-order valence-corrected chi connectivity index (χ1v) is 5.30. The molecule has 6 heteroatoms. The number of hydrogen-bond acceptors (Lipinski definition) is 5. The molecule has 0 unspecified atom stereocenters. The Balaban J connectivity index is 2.25. The summed E-state index contributed by atoms with van der Waals surface area (Å²) in [6.07, 6.45) is 1.63. The Morgan fingerprint density at radius 2 is 2.00 bits per heavy atom. The number of benzene rings is 1. The molecule has 0 bridgehead atoms. The van der Waals surface area contributed by atoms with Crippen molar-refractivity contribution in [2.45, 2.75) is 6.92 Å². The van der Waals surface area contributed by atoms with E-state index in [0.29, 0.717) is 22.6 Å². The molecule has 0 saturated carbocycles. The van der Waals surface area contributed by atoms with Crippen LogP contribution in [-0.4, -0.2) is 9.97 Å². The molecule has 5 nitrogen and oxygen atoms in total. The molecule has 88 valence electrons. The Morgan fingerprint density at radius 3 is 2.65 bits per heavy atom. The van der Waals surface area contributed by atoms with Crippen molar-refractivity contribution < 1.29 is 4.74 Å². The van der Waals surface area contributed by atoms with Crippen LogP contribution in [0.4, 0.5) is 5.95 Å². The normalized spacial score (nSPS) is 10.1. The zero-order valence-corrected chi connectivity index (χ0v) is 9.90. The van der Waals surface area contributed by atoms with Gasteiger partial charge in [-0.25, -0.2) is 10.8 Å². The molecular weight excluding hydrogens is 240 g/mol. The van der Waals surface area contributed by atoms with Crippen molar-refractivity contribution in [3.05, 3.63) is 41.0 Å². The molecule has 0 fully saturated rings. The summed E-state index contributed by atoms with van der Waals surface area (Å²) in [7, 11) is 0. The van der Waals surface area contributed by atoms with Crippen LogP contribution in [0, 0.1) is 6.92 Å². The number of anilines is 1. The van der Waals surface area contributed by atoms with E-state index in [0.717, 1.165) is 5.56 Å². The molecule has 3 N–H and O–H groups in total. The Labute approximate surface area is 104 Å². The second kappa shape index (κ2) is 4.99. The maximum absolute atomic E-state index is 5.79. The summed E-state index contributed by atoms with van der Waals surface area (Å²) in [4.78, 5) is 8.07. The van der Waals surface area contributed by atoms with Gasteiger partial charge in [0.2, 0.25) is 11.8 Å². The van der Waals surface area contributed by atoms with E-state index in [1.165, 1.54) is 0 Å². The molecule has 0 aliphatic carbocycles. The van der Waals surface area contributed by atoms with Gasteiger partial charge in [-0.2, -0.15) is 4.98 Å². The predicted molar refractivity (Wildman–Crippen MR) is 66.1 cm³/mol. The number of halogens is 1. The largest absolute Gasteiger partial charge is 0.439 e. The molecule has 0 aliphatic rings. The first-order chi connectivity index (χ1) is 8.19. The van der Waals surface area contributed by atoms with E-state index >= 15 is 0 Å².